The predicted molar refractivity (Wildman–Crippen MR) is 78.3 cm³/mol. The van der Waals surface area contributed by atoms with Crippen LogP contribution in [0.4, 0.5) is 0 Å². The molecule has 0 aromatic heterocycles. The molecule has 0 saturated carbocycles. The molecular weight excluding hydrogens is 302 g/mol. The van der Waals surface area contributed by atoms with E-state index in [1.807, 2.05) is 0 Å². The van der Waals surface area contributed by atoms with Gasteiger partial charge in [0.2, 0.25) is 15.0 Å². The molecule has 6 nitrogen and oxygen atoms in total. The van der Waals surface area contributed by atoms with Gasteiger partial charge in [0.25, 0.3) is 0 Å². The SMILES string of the molecule is CN1CCN(CCN2CC(CS(=O)(=O)Cl)CC2=O)CC1. The summed E-state index contributed by atoms with van der Waals surface area (Å²) >= 11 is 0. The van der Waals surface area contributed by atoms with Gasteiger partial charge < -0.3 is 9.80 Å². The van der Waals surface area contributed by atoms with Gasteiger partial charge in [-0.05, 0) is 7.05 Å². The van der Waals surface area contributed by atoms with Crippen molar-refractivity contribution in [1.82, 2.24) is 14.7 Å². The molecule has 116 valence electrons. The lowest BCUT2D eigenvalue weighted by Gasteiger charge is -2.33. The van der Waals surface area contributed by atoms with Gasteiger partial charge in [0.05, 0.1) is 5.75 Å². The molecule has 0 aromatic rings. The predicted octanol–water partition coefficient (Wildman–Crippen LogP) is -0.349. The lowest BCUT2D eigenvalue weighted by atomic mass is 10.1. The minimum Gasteiger partial charge on any atom is -0.341 e. The molecule has 1 amide bonds. The molecule has 1 unspecified atom stereocenters. The fraction of sp³-hybridized carbons (Fsp3) is 0.917. The van der Waals surface area contributed by atoms with Crippen molar-refractivity contribution in [3.63, 3.8) is 0 Å². The Balaban J connectivity index is 1.75. The molecule has 0 bridgehead atoms. The first-order valence-electron chi connectivity index (χ1n) is 6.94. The monoisotopic (exact) mass is 323 g/mol. The molecule has 2 aliphatic heterocycles. The van der Waals surface area contributed by atoms with Gasteiger partial charge in [0.15, 0.2) is 0 Å². The Labute approximate surface area is 125 Å². The number of carbonyl (C=O) groups is 1. The summed E-state index contributed by atoms with van der Waals surface area (Å²) < 4.78 is 22.1. The van der Waals surface area contributed by atoms with Gasteiger partial charge in [-0.25, -0.2) is 8.42 Å². The van der Waals surface area contributed by atoms with Gasteiger partial charge in [0, 0.05) is 68.8 Å². The summed E-state index contributed by atoms with van der Waals surface area (Å²) in [6, 6.07) is 0. The Bertz CT molecular complexity index is 449. The molecule has 0 aliphatic carbocycles. The van der Waals surface area contributed by atoms with E-state index >= 15 is 0 Å². The maximum Gasteiger partial charge on any atom is 0.232 e. The first kappa shape index (κ1) is 16.0. The summed E-state index contributed by atoms with van der Waals surface area (Å²) in [5, 5.41) is 0. The number of likely N-dealkylation sites (N-methyl/N-ethyl adjacent to an activating group) is 1. The zero-order valence-electron chi connectivity index (χ0n) is 11.8. The van der Waals surface area contributed by atoms with Gasteiger partial charge in [0.1, 0.15) is 0 Å². The summed E-state index contributed by atoms with van der Waals surface area (Å²) in [6.45, 7) is 6.22. The van der Waals surface area contributed by atoms with Crippen molar-refractivity contribution in [3.05, 3.63) is 0 Å². The maximum atomic E-state index is 11.9. The molecule has 20 heavy (non-hydrogen) atoms. The van der Waals surface area contributed by atoms with Crippen molar-refractivity contribution in [3.8, 4) is 0 Å². The van der Waals surface area contributed by atoms with E-state index in [4.69, 9.17) is 10.7 Å². The third-order valence-electron chi connectivity index (χ3n) is 4.01. The molecule has 2 heterocycles. The van der Waals surface area contributed by atoms with E-state index < -0.39 is 9.05 Å². The fourth-order valence-electron chi connectivity index (χ4n) is 2.80. The number of amides is 1. The largest absolute Gasteiger partial charge is 0.341 e. The average molecular weight is 324 g/mol. The molecule has 0 radical (unpaired) electrons. The Morgan fingerprint density at radius 1 is 1.20 bits per heavy atom. The van der Waals surface area contributed by atoms with E-state index in [9.17, 15) is 13.2 Å². The van der Waals surface area contributed by atoms with Gasteiger partial charge >= 0.3 is 0 Å². The molecule has 2 saturated heterocycles. The Morgan fingerprint density at radius 3 is 2.45 bits per heavy atom. The number of hydrogen-bond acceptors (Lipinski definition) is 5. The fourth-order valence-corrected chi connectivity index (χ4v) is 4.12. The Kier molecular flexibility index (Phi) is 5.28. The van der Waals surface area contributed by atoms with Crippen LogP contribution >= 0.6 is 10.7 Å². The molecule has 0 N–H and O–H groups in total. The van der Waals surface area contributed by atoms with Crippen LogP contribution in [-0.2, 0) is 13.8 Å². The standard InChI is InChI=1S/C12H22ClN3O3S/c1-14-2-4-15(5-3-14)6-7-16-9-11(8-12(16)17)10-20(13,18)19/h11H,2-10H2,1H3. The van der Waals surface area contributed by atoms with Gasteiger partial charge in [-0.15, -0.1) is 0 Å². The molecule has 0 spiro atoms. The van der Waals surface area contributed by atoms with Crippen molar-refractivity contribution < 1.29 is 13.2 Å². The second-order valence-corrected chi connectivity index (χ2v) is 8.58. The van der Waals surface area contributed by atoms with Crippen LogP contribution in [0, 0.1) is 5.92 Å². The third kappa shape index (κ3) is 4.87. The van der Waals surface area contributed by atoms with Gasteiger partial charge in [-0.2, -0.15) is 0 Å². The highest BCUT2D eigenvalue weighted by Crippen LogP contribution is 2.20. The van der Waals surface area contributed by atoms with Crippen LogP contribution in [-0.4, -0.2) is 87.6 Å². The lowest BCUT2D eigenvalue weighted by Crippen LogP contribution is -2.47. The summed E-state index contributed by atoms with van der Waals surface area (Å²) in [4.78, 5) is 18.3. The summed E-state index contributed by atoms with van der Waals surface area (Å²) in [6.07, 6.45) is 0.300. The molecule has 0 aromatic carbocycles. The molecule has 8 heteroatoms. The third-order valence-corrected chi connectivity index (χ3v) is 5.26. The summed E-state index contributed by atoms with van der Waals surface area (Å²) in [5.74, 6) is -0.215. The Hall–Kier alpha value is -0.370. The molecule has 2 aliphatic rings. The van der Waals surface area contributed by atoms with E-state index in [2.05, 4.69) is 16.8 Å². The van der Waals surface area contributed by atoms with Crippen LogP contribution in [0.5, 0.6) is 0 Å². The average Bonchev–Trinajstić information content (AvgIpc) is 2.66. The number of piperazine rings is 1. The zero-order valence-corrected chi connectivity index (χ0v) is 13.4. The second-order valence-electron chi connectivity index (χ2n) is 5.76. The van der Waals surface area contributed by atoms with Crippen molar-refractivity contribution in [2.75, 3.05) is 58.6 Å². The van der Waals surface area contributed by atoms with E-state index in [1.54, 1.807) is 4.90 Å². The molecule has 1 atom stereocenters. The number of hydrogen-bond donors (Lipinski definition) is 0. The first-order valence-corrected chi connectivity index (χ1v) is 9.42. The van der Waals surface area contributed by atoms with Crippen LogP contribution in [0.2, 0.25) is 0 Å². The van der Waals surface area contributed by atoms with E-state index in [1.165, 1.54) is 0 Å². The number of likely N-dealkylation sites (tertiary alicyclic amines) is 1. The van der Waals surface area contributed by atoms with E-state index in [-0.39, 0.29) is 17.6 Å². The Morgan fingerprint density at radius 2 is 1.85 bits per heavy atom. The highest BCUT2D eigenvalue weighted by atomic mass is 35.7. The number of rotatable bonds is 5. The first-order chi connectivity index (χ1) is 9.33. The number of halogens is 1. The zero-order chi connectivity index (χ0) is 14.8. The smallest absolute Gasteiger partial charge is 0.232 e. The minimum absolute atomic E-state index is 0.0458. The summed E-state index contributed by atoms with van der Waals surface area (Å²) in [5.41, 5.74) is 0. The van der Waals surface area contributed by atoms with Crippen LogP contribution in [0.25, 0.3) is 0 Å². The van der Waals surface area contributed by atoms with Crippen molar-refractivity contribution in [1.29, 1.82) is 0 Å². The van der Waals surface area contributed by atoms with Crippen LogP contribution in [0.15, 0.2) is 0 Å². The van der Waals surface area contributed by atoms with Crippen LogP contribution < -0.4 is 0 Å². The summed E-state index contributed by atoms with van der Waals surface area (Å²) in [7, 11) is 3.84. The second kappa shape index (κ2) is 6.60. The number of nitrogens with zero attached hydrogens (tertiary/aromatic N) is 3. The highest BCUT2D eigenvalue weighted by Gasteiger charge is 2.32. The van der Waals surface area contributed by atoms with Gasteiger partial charge in [-0.3, -0.25) is 9.69 Å². The lowest BCUT2D eigenvalue weighted by molar-refractivity contribution is -0.127. The van der Waals surface area contributed by atoms with Crippen molar-refractivity contribution in [2.24, 2.45) is 5.92 Å². The topological polar surface area (TPSA) is 60.9 Å². The highest BCUT2D eigenvalue weighted by molar-refractivity contribution is 8.13. The van der Waals surface area contributed by atoms with E-state index in [0.29, 0.717) is 19.5 Å². The van der Waals surface area contributed by atoms with Crippen LogP contribution in [0.1, 0.15) is 6.42 Å². The van der Waals surface area contributed by atoms with E-state index in [0.717, 1.165) is 32.7 Å². The molecular formula is C12H22ClN3O3S. The maximum absolute atomic E-state index is 11.9. The van der Waals surface area contributed by atoms with Crippen molar-refractivity contribution in [2.45, 2.75) is 6.42 Å². The minimum atomic E-state index is -3.52. The number of carbonyl (C=O) groups excluding carboxylic acids is 1. The normalized spacial score (nSPS) is 26.4. The van der Waals surface area contributed by atoms with Crippen LogP contribution in [0.3, 0.4) is 0 Å². The molecule has 2 rings (SSSR count). The quantitative estimate of drug-likeness (QED) is 0.647. The van der Waals surface area contributed by atoms with Gasteiger partial charge in [-0.1, -0.05) is 0 Å². The van der Waals surface area contributed by atoms with Crippen molar-refractivity contribution >= 4 is 25.6 Å². The molecule has 2 fully saturated rings.